The van der Waals surface area contributed by atoms with Crippen molar-refractivity contribution in [1.29, 1.82) is 0 Å². The second-order valence-corrected chi connectivity index (χ2v) is 9.97. The number of nitrogens with zero attached hydrogens (tertiary/aromatic N) is 3. The van der Waals surface area contributed by atoms with E-state index in [1.165, 1.54) is 22.3 Å². The van der Waals surface area contributed by atoms with E-state index in [0.717, 1.165) is 43.0 Å². The van der Waals surface area contributed by atoms with Crippen molar-refractivity contribution in [3.05, 3.63) is 168 Å². The molecule has 3 nitrogen and oxygen atoms in total. The number of rotatable bonds is 7. The van der Waals surface area contributed by atoms with Crippen molar-refractivity contribution in [3.8, 4) is 11.1 Å². The highest BCUT2D eigenvalue weighted by atomic mass is 15.5. The summed E-state index contributed by atoms with van der Waals surface area (Å²) < 4.78 is 0. The third-order valence-electron chi connectivity index (χ3n) is 7.44. The van der Waals surface area contributed by atoms with Gasteiger partial charge in [0.05, 0.1) is 11.8 Å². The van der Waals surface area contributed by atoms with Crippen LogP contribution in [0.1, 0.15) is 28.3 Å². The molecule has 39 heavy (non-hydrogen) atoms. The summed E-state index contributed by atoms with van der Waals surface area (Å²) in [7, 11) is 0. The lowest BCUT2D eigenvalue weighted by molar-refractivity contribution is 0.112. The molecular formula is C36H33N3. The zero-order valence-corrected chi connectivity index (χ0v) is 22.1. The standard InChI is InChI=1S/C36H33N3/c1-5-13-29(14-6-1)30-21-23-32(24-22-30)35(31-15-7-2-8-16-31)37-39-27-25-38(26-28-39)36(33-17-9-3-10-18-33)34-19-11-4-12-20-34/h1-24,36H,25-28H2/b37-35-. The van der Waals surface area contributed by atoms with Crippen molar-refractivity contribution in [2.75, 3.05) is 26.2 Å². The van der Waals surface area contributed by atoms with E-state index in [9.17, 15) is 0 Å². The van der Waals surface area contributed by atoms with Crippen molar-refractivity contribution >= 4 is 5.71 Å². The van der Waals surface area contributed by atoms with Crippen LogP contribution in [0, 0.1) is 0 Å². The summed E-state index contributed by atoms with van der Waals surface area (Å²) in [6.45, 7) is 3.67. The first-order valence-electron chi connectivity index (χ1n) is 13.7. The van der Waals surface area contributed by atoms with Gasteiger partial charge < -0.3 is 0 Å². The van der Waals surface area contributed by atoms with Crippen LogP contribution in [-0.4, -0.2) is 41.8 Å². The number of piperazine rings is 1. The molecule has 0 spiro atoms. The topological polar surface area (TPSA) is 18.8 Å². The predicted molar refractivity (Wildman–Crippen MR) is 162 cm³/mol. The Kier molecular flexibility index (Phi) is 7.60. The summed E-state index contributed by atoms with van der Waals surface area (Å²) in [5.41, 5.74) is 8.41. The fourth-order valence-electron chi connectivity index (χ4n) is 5.43. The van der Waals surface area contributed by atoms with E-state index in [4.69, 9.17) is 5.10 Å². The van der Waals surface area contributed by atoms with E-state index < -0.39 is 0 Å². The second-order valence-electron chi connectivity index (χ2n) is 9.97. The van der Waals surface area contributed by atoms with E-state index in [0.29, 0.717) is 0 Å². The van der Waals surface area contributed by atoms with Crippen molar-refractivity contribution in [1.82, 2.24) is 9.91 Å². The van der Waals surface area contributed by atoms with Gasteiger partial charge in [-0.15, -0.1) is 0 Å². The van der Waals surface area contributed by atoms with E-state index in [1.54, 1.807) is 0 Å². The van der Waals surface area contributed by atoms with Crippen molar-refractivity contribution < 1.29 is 0 Å². The molecule has 0 unspecified atom stereocenters. The molecule has 0 aromatic heterocycles. The fraction of sp³-hybridized carbons (Fsp3) is 0.139. The Morgan fingerprint density at radius 1 is 0.462 bits per heavy atom. The first-order valence-corrected chi connectivity index (χ1v) is 13.7. The Bertz CT molecular complexity index is 1430. The lowest BCUT2D eigenvalue weighted by atomic mass is 9.96. The van der Waals surface area contributed by atoms with Crippen LogP contribution in [0.5, 0.6) is 0 Å². The quantitative estimate of drug-likeness (QED) is 0.212. The summed E-state index contributed by atoms with van der Waals surface area (Å²) in [5, 5.41) is 7.49. The smallest absolute Gasteiger partial charge is 0.0976 e. The molecule has 1 aliphatic heterocycles. The highest BCUT2D eigenvalue weighted by Gasteiger charge is 2.26. The van der Waals surface area contributed by atoms with Gasteiger partial charge in [-0.25, -0.2) is 0 Å². The van der Waals surface area contributed by atoms with Crippen molar-refractivity contribution in [2.45, 2.75) is 6.04 Å². The fourth-order valence-corrected chi connectivity index (χ4v) is 5.43. The van der Waals surface area contributed by atoms with Gasteiger partial charge in [-0.3, -0.25) is 9.91 Å². The van der Waals surface area contributed by atoms with Crippen LogP contribution < -0.4 is 0 Å². The maximum atomic E-state index is 5.24. The summed E-state index contributed by atoms with van der Waals surface area (Å²) >= 11 is 0. The van der Waals surface area contributed by atoms with Crippen molar-refractivity contribution in [2.24, 2.45) is 5.10 Å². The molecule has 5 aromatic carbocycles. The minimum Gasteiger partial charge on any atom is -0.294 e. The van der Waals surface area contributed by atoms with E-state index >= 15 is 0 Å². The van der Waals surface area contributed by atoms with Crippen LogP contribution in [0.2, 0.25) is 0 Å². The Morgan fingerprint density at radius 2 is 0.897 bits per heavy atom. The highest BCUT2D eigenvalue weighted by molar-refractivity contribution is 6.12. The Labute approximate surface area is 231 Å². The zero-order chi connectivity index (χ0) is 26.3. The van der Waals surface area contributed by atoms with Gasteiger partial charge in [-0.05, 0) is 22.3 Å². The van der Waals surface area contributed by atoms with Gasteiger partial charge in [-0.2, -0.15) is 5.10 Å². The molecule has 1 aliphatic rings. The van der Waals surface area contributed by atoms with Crippen LogP contribution in [0.15, 0.2) is 151 Å². The molecule has 5 aromatic rings. The van der Waals surface area contributed by atoms with Gasteiger partial charge in [0.25, 0.3) is 0 Å². The normalized spacial score (nSPS) is 14.5. The molecule has 192 valence electrons. The Hall–Kier alpha value is -4.47. The van der Waals surface area contributed by atoms with Gasteiger partial charge >= 0.3 is 0 Å². The predicted octanol–water partition coefficient (Wildman–Crippen LogP) is 7.51. The van der Waals surface area contributed by atoms with Crippen LogP contribution >= 0.6 is 0 Å². The summed E-state index contributed by atoms with van der Waals surface area (Å²) in [4.78, 5) is 2.59. The monoisotopic (exact) mass is 507 g/mol. The maximum Gasteiger partial charge on any atom is 0.0976 e. The van der Waals surface area contributed by atoms with Gasteiger partial charge in [-0.1, -0.05) is 146 Å². The molecule has 0 N–H and O–H groups in total. The van der Waals surface area contributed by atoms with Gasteiger partial charge in [0.2, 0.25) is 0 Å². The molecule has 0 radical (unpaired) electrons. The molecule has 3 heteroatoms. The van der Waals surface area contributed by atoms with Gasteiger partial charge in [0.1, 0.15) is 0 Å². The number of benzene rings is 5. The third kappa shape index (κ3) is 5.84. The zero-order valence-electron chi connectivity index (χ0n) is 22.1. The molecular weight excluding hydrogens is 474 g/mol. The SMILES string of the molecule is c1ccc(/C(=N/N2CCN(C(c3ccccc3)c3ccccc3)CC2)c2ccc(-c3ccccc3)cc2)cc1. The third-order valence-corrected chi connectivity index (χ3v) is 7.44. The molecule has 1 fully saturated rings. The Balaban J connectivity index is 1.25. The van der Waals surface area contributed by atoms with E-state index in [1.807, 2.05) is 0 Å². The van der Waals surface area contributed by atoms with Crippen LogP contribution in [-0.2, 0) is 0 Å². The minimum atomic E-state index is 0.248. The highest BCUT2D eigenvalue weighted by Crippen LogP contribution is 2.30. The number of hydrazone groups is 1. The first-order chi connectivity index (χ1) is 19.3. The summed E-state index contributed by atoms with van der Waals surface area (Å²) in [6, 6.07) is 51.8. The molecule has 1 saturated heterocycles. The molecule has 0 aliphatic carbocycles. The lowest BCUT2D eigenvalue weighted by Crippen LogP contribution is -2.46. The molecule has 0 atom stereocenters. The summed E-state index contributed by atoms with van der Waals surface area (Å²) in [5.74, 6) is 0. The molecule has 0 amide bonds. The largest absolute Gasteiger partial charge is 0.294 e. The average molecular weight is 508 g/mol. The lowest BCUT2D eigenvalue weighted by Gasteiger charge is -2.39. The second kappa shape index (κ2) is 11.9. The molecule has 6 rings (SSSR count). The van der Waals surface area contributed by atoms with Crippen LogP contribution in [0.25, 0.3) is 11.1 Å². The molecule has 0 bridgehead atoms. The minimum absolute atomic E-state index is 0.248. The Morgan fingerprint density at radius 3 is 1.44 bits per heavy atom. The van der Waals surface area contributed by atoms with E-state index in [2.05, 4.69) is 156 Å². The number of hydrogen-bond acceptors (Lipinski definition) is 3. The molecule has 0 saturated carbocycles. The van der Waals surface area contributed by atoms with E-state index in [-0.39, 0.29) is 6.04 Å². The van der Waals surface area contributed by atoms with Gasteiger partial charge in [0, 0.05) is 37.3 Å². The van der Waals surface area contributed by atoms with Crippen molar-refractivity contribution in [3.63, 3.8) is 0 Å². The van der Waals surface area contributed by atoms with Crippen LogP contribution in [0.4, 0.5) is 0 Å². The first kappa shape index (κ1) is 24.8. The molecule has 1 heterocycles. The average Bonchev–Trinajstić information content (AvgIpc) is 3.03. The van der Waals surface area contributed by atoms with Gasteiger partial charge in [0.15, 0.2) is 0 Å². The maximum absolute atomic E-state index is 5.24. The number of hydrogen-bond donors (Lipinski definition) is 0. The van der Waals surface area contributed by atoms with Crippen LogP contribution in [0.3, 0.4) is 0 Å². The summed E-state index contributed by atoms with van der Waals surface area (Å²) in [6.07, 6.45) is 0.